The largest absolute Gasteiger partial charge is 0.392 e. The van der Waals surface area contributed by atoms with Crippen LogP contribution in [0.4, 0.5) is 10.1 Å². The van der Waals surface area contributed by atoms with Gasteiger partial charge in [-0.25, -0.2) is 14.4 Å². The standard InChI is InChI=1S/C18H19FN4O2/c1-11(2)8-23-10-21-16-6-12(7-20-17(16)23)18(25)22-14-3-4-15(19)13(5-14)9-24/h3-7,10-11,24H,8-9H2,1-2H3,(H,22,25). The van der Waals surface area contributed by atoms with E-state index >= 15 is 0 Å². The molecule has 1 amide bonds. The summed E-state index contributed by atoms with van der Waals surface area (Å²) in [6.45, 7) is 4.58. The van der Waals surface area contributed by atoms with E-state index in [1.165, 1.54) is 24.4 Å². The zero-order valence-corrected chi connectivity index (χ0v) is 14.0. The first-order valence-electron chi connectivity index (χ1n) is 7.99. The summed E-state index contributed by atoms with van der Waals surface area (Å²) in [5.41, 5.74) is 2.26. The van der Waals surface area contributed by atoms with Crippen molar-refractivity contribution in [1.82, 2.24) is 14.5 Å². The number of imidazole rings is 1. The van der Waals surface area contributed by atoms with Crippen molar-refractivity contribution in [3.05, 3.63) is 53.7 Å². The van der Waals surface area contributed by atoms with Gasteiger partial charge in [0, 0.05) is 24.0 Å². The molecule has 2 heterocycles. The average molecular weight is 342 g/mol. The van der Waals surface area contributed by atoms with Gasteiger partial charge in [0.1, 0.15) is 11.3 Å². The number of aromatic nitrogens is 3. The Kier molecular flexibility index (Phi) is 4.76. The number of anilines is 1. The van der Waals surface area contributed by atoms with Crippen molar-refractivity contribution in [2.75, 3.05) is 5.32 Å². The number of hydrogen-bond acceptors (Lipinski definition) is 4. The monoisotopic (exact) mass is 342 g/mol. The zero-order chi connectivity index (χ0) is 18.0. The minimum Gasteiger partial charge on any atom is -0.392 e. The molecule has 0 atom stereocenters. The highest BCUT2D eigenvalue weighted by Gasteiger charge is 2.12. The van der Waals surface area contributed by atoms with Crippen molar-refractivity contribution in [1.29, 1.82) is 0 Å². The van der Waals surface area contributed by atoms with Crippen molar-refractivity contribution in [2.45, 2.75) is 27.0 Å². The Morgan fingerprint density at radius 1 is 1.32 bits per heavy atom. The predicted molar refractivity (Wildman–Crippen MR) is 92.6 cm³/mol. The molecule has 130 valence electrons. The van der Waals surface area contributed by atoms with Crippen LogP contribution in [0.5, 0.6) is 0 Å². The summed E-state index contributed by atoms with van der Waals surface area (Å²) < 4.78 is 15.4. The van der Waals surface area contributed by atoms with Gasteiger partial charge in [-0.05, 0) is 30.2 Å². The number of rotatable bonds is 5. The number of nitrogens with one attached hydrogen (secondary N) is 1. The van der Waals surface area contributed by atoms with Crippen LogP contribution < -0.4 is 5.32 Å². The predicted octanol–water partition coefficient (Wildman–Crippen LogP) is 2.97. The number of carbonyl (C=O) groups is 1. The lowest BCUT2D eigenvalue weighted by Crippen LogP contribution is -2.13. The molecule has 0 fully saturated rings. The summed E-state index contributed by atoms with van der Waals surface area (Å²) in [5, 5.41) is 11.8. The van der Waals surface area contributed by atoms with Gasteiger partial charge < -0.3 is 15.0 Å². The van der Waals surface area contributed by atoms with E-state index in [0.717, 1.165) is 12.2 Å². The number of aliphatic hydroxyl groups is 1. The molecule has 0 saturated carbocycles. The van der Waals surface area contributed by atoms with Crippen LogP contribution in [-0.4, -0.2) is 25.5 Å². The van der Waals surface area contributed by atoms with Crippen LogP contribution in [0.15, 0.2) is 36.8 Å². The fraction of sp³-hybridized carbons (Fsp3) is 0.278. The van der Waals surface area contributed by atoms with Gasteiger partial charge in [-0.15, -0.1) is 0 Å². The number of fused-ring (bicyclic) bond motifs is 1. The molecule has 0 aliphatic carbocycles. The highest BCUT2D eigenvalue weighted by Crippen LogP contribution is 2.17. The average Bonchev–Trinajstić information content (AvgIpc) is 2.98. The number of halogens is 1. The lowest BCUT2D eigenvalue weighted by molar-refractivity contribution is 0.102. The van der Waals surface area contributed by atoms with Gasteiger partial charge in [-0.1, -0.05) is 13.8 Å². The molecule has 0 spiro atoms. The fourth-order valence-corrected chi connectivity index (χ4v) is 2.58. The van der Waals surface area contributed by atoms with Gasteiger partial charge in [-0.2, -0.15) is 0 Å². The van der Waals surface area contributed by atoms with Crippen LogP contribution in [-0.2, 0) is 13.2 Å². The van der Waals surface area contributed by atoms with Crippen molar-refractivity contribution in [3.63, 3.8) is 0 Å². The van der Waals surface area contributed by atoms with Crippen molar-refractivity contribution >= 4 is 22.8 Å². The van der Waals surface area contributed by atoms with Gasteiger partial charge >= 0.3 is 0 Å². The topological polar surface area (TPSA) is 80.0 Å². The maximum atomic E-state index is 13.4. The first-order valence-corrected chi connectivity index (χ1v) is 7.99. The number of nitrogens with zero attached hydrogens (tertiary/aromatic N) is 3. The van der Waals surface area contributed by atoms with Gasteiger partial charge in [0.25, 0.3) is 5.91 Å². The van der Waals surface area contributed by atoms with E-state index in [9.17, 15) is 9.18 Å². The minimum absolute atomic E-state index is 0.124. The Labute approximate surface area is 144 Å². The zero-order valence-electron chi connectivity index (χ0n) is 14.0. The molecule has 0 radical (unpaired) electrons. The second kappa shape index (κ2) is 6.98. The molecule has 0 bridgehead atoms. The molecular formula is C18H19FN4O2. The molecule has 1 aromatic carbocycles. The third kappa shape index (κ3) is 3.66. The maximum Gasteiger partial charge on any atom is 0.257 e. The first kappa shape index (κ1) is 17.0. The molecule has 0 aliphatic heterocycles. The number of hydrogen-bond donors (Lipinski definition) is 2. The second-order valence-electron chi connectivity index (χ2n) is 6.28. The summed E-state index contributed by atoms with van der Waals surface area (Å²) in [6, 6.07) is 5.72. The van der Waals surface area contributed by atoms with Gasteiger partial charge in [0.2, 0.25) is 0 Å². The minimum atomic E-state index is -0.515. The summed E-state index contributed by atoms with van der Waals surface area (Å²) in [7, 11) is 0. The van der Waals surface area contributed by atoms with Crippen molar-refractivity contribution < 1.29 is 14.3 Å². The van der Waals surface area contributed by atoms with Gasteiger partial charge in [0.15, 0.2) is 5.65 Å². The Balaban J connectivity index is 1.82. The number of aliphatic hydroxyl groups excluding tert-OH is 1. The Bertz CT molecular complexity index is 921. The quantitative estimate of drug-likeness (QED) is 0.747. The van der Waals surface area contributed by atoms with Crippen LogP contribution >= 0.6 is 0 Å². The summed E-state index contributed by atoms with van der Waals surface area (Å²) in [4.78, 5) is 21.0. The van der Waals surface area contributed by atoms with E-state index in [1.54, 1.807) is 12.4 Å². The van der Waals surface area contributed by atoms with Crippen LogP contribution in [0.3, 0.4) is 0 Å². The second-order valence-corrected chi connectivity index (χ2v) is 6.28. The molecule has 0 saturated heterocycles. The van der Waals surface area contributed by atoms with Crippen molar-refractivity contribution in [3.8, 4) is 0 Å². The number of benzene rings is 1. The molecular weight excluding hydrogens is 323 g/mol. The Morgan fingerprint density at radius 3 is 2.84 bits per heavy atom. The van der Waals surface area contributed by atoms with Crippen LogP contribution in [0.1, 0.15) is 29.8 Å². The Hall–Kier alpha value is -2.80. The normalized spacial score (nSPS) is 11.2. The van der Waals surface area contributed by atoms with E-state index in [-0.39, 0.29) is 11.5 Å². The molecule has 3 aromatic rings. The molecule has 0 aliphatic rings. The smallest absolute Gasteiger partial charge is 0.257 e. The maximum absolute atomic E-state index is 13.4. The first-order chi connectivity index (χ1) is 12.0. The lowest BCUT2D eigenvalue weighted by atomic mass is 10.2. The summed E-state index contributed by atoms with van der Waals surface area (Å²) >= 11 is 0. The molecule has 7 heteroatoms. The van der Waals surface area contributed by atoms with E-state index in [2.05, 4.69) is 29.1 Å². The van der Waals surface area contributed by atoms with E-state index < -0.39 is 12.4 Å². The SMILES string of the molecule is CC(C)Cn1cnc2cc(C(=O)Nc3ccc(F)c(CO)c3)cnc21. The van der Waals surface area contributed by atoms with Crippen molar-refractivity contribution in [2.24, 2.45) is 5.92 Å². The summed E-state index contributed by atoms with van der Waals surface area (Å²) in [6.07, 6.45) is 3.21. The Morgan fingerprint density at radius 2 is 2.12 bits per heavy atom. The molecule has 25 heavy (non-hydrogen) atoms. The van der Waals surface area contributed by atoms with Gasteiger partial charge in [0.05, 0.1) is 18.5 Å². The lowest BCUT2D eigenvalue weighted by Gasteiger charge is -2.08. The number of carbonyl (C=O) groups excluding carboxylic acids is 1. The summed E-state index contributed by atoms with van der Waals surface area (Å²) in [5.74, 6) is -0.427. The van der Waals surface area contributed by atoms with E-state index in [1.807, 2.05) is 4.57 Å². The molecule has 3 rings (SSSR count). The van der Waals surface area contributed by atoms with Crippen LogP contribution in [0.2, 0.25) is 0 Å². The molecule has 2 N–H and O–H groups in total. The third-order valence-corrected chi connectivity index (χ3v) is 3.75. The van der Waals surface area contributed by atoms with E-state index in [4.69, 9.17) is 5.11 Å². The van der Waals surface area contributed by atoms with Gasteiger partial charge in [-0.3, -0.25) is 4.79 Å². The van der Waals surface area contributed by atoms with E-state index in [0.29, 0.717) is 22.7 Å². The number of pyridine rings is 1. The molecule has 6 nitrogen and oxygen atoms in total. The number of amides is 1. The molecule has 0 unspecified atom stereocenters. The molecule has 2 aromatic heterocycles. The van der Waals surface area contributed by atoms with Crippen LogP contribution in [0, 0.1) is 11.7 Å². The third-order valence-electron chi connectivity index (χ3n) is 3.75. The fourth-order valence-electron chi connectivity index (χ4n) is 2.58. The van der Waals surface area contributed by atoms with Crippen LogP contribution in [0.25, 0.3) is 11.2 Å². The highest BCUT2D eigenvalue weighted by molar-refractivity contribution is 6.05. The highest BCUT2D eigenvalue weighted by atomic mass is 19.1.